The normalized spacial score (nSPS) is 24.3. The number of hydrogen-bond donors (Lipinski definition) is 0. The van der Waals surface area contributed by atoms with Crippen molar-refractivity contribution in [1.82, 2.24) is 9.88 Å². The van der Waals surface area contributed by atoms with E-state index in [1.807, 2.05) is 24.3 Å². The van der Waals surface area contributed by atoms with Crippen LogP contribution in [0.2, 0.25) is 0 Å². The monoisotopic (exact) mass is 316 g/mol. The Morgan fingerprint density at radius 3 is 2.78 bits per heavy atom. The Hall–Kier alpha value is -1.43. The number of aromatic nitrogens is 1. The molecule has 0 amide bonds. The Balaban J connectivity index is 1.28. The predicted molar refractivity (Wildman–Crippen MR) is 87.6 cm³/mol. The number of fused-ring (bicyclic) bond motifs is 1. The van der Waals surface area contributed by atoms with Gasteiger partial charge in [0.2, 0.25) is 0 Å². The number of oxazole rings is 1. The highest BCUT2D eigenvalue weighted by Crippen LogP contribution is 2.30. The number of hydrogen-bond acceptors (Lipinski definition) is 5. The fourth-order valence-electron chi connectivity index (χ4n) is 3.50. The summed E-state index contributed by atoms with van der Waals surface area (Å²) in [5, 5.41) is 0. The standard InChI is InChI=1S/C18H24N2O3/c1-2-4-17-16(3-1)19-18(23-17)14-5-8-20(9-6-14)10-7-15-13-21-11-12-22-15/h1-4,14-15H,5-13H2. The van der Waals surface area contributed by atoms with Crippen LogP contribution in [-0.2, 0) is 9.47 Å². The second-order valence-corrected chi connectivity index (χ2v) is 6.49. The van der Waals surface area contributed by atoms with E-state index >= 15 is 0 Å². The van der Waals surface area contributed by atoms with Crippen molar-refractivity contribution in [3.05, 3.63) is 30.2 Å². The minimum Gasteiger partial charge on any atom is -0.440 e. The summed E-state index contributed by atoms with van der Waals surface area (Å²) in [5.74, 6) is 1.36. The molecular weight excluding hydrogens is 292 g/mol. The van der Waals surface area contributed by atoms with Crippen LogP contribution in [0.25, 0.3) is 11.1 Å². The molecule has 4 rings (SSSR count). The van der Waals surface area contributed by atoms with Crippen molar-refractivity contribution in [2.75, 3.05) is 39.5 Å². The van der Waals surface area contributed by atoms with Crippen LogP contribution < -0.4 is 0 Å². The summed E-state index contributed by atoms with van der Waals surface area (Å²) in [4.78, 5) is 7.18. The Morgan fingerprint density at radius 1 is 1.13 bits per heavy atom. The van der Waals surface area contributed by atoms with E-state index in [4.69, 9.17) is 13.9 Å². The quantitative estimate of drug-likeness (QED) is 0.868. The van der Waals surface area contributed by atoms with E-state index in [9.17, 15) is 0 Å². The molecule has 1 aromatic carbocycles. The van der Waals surface area contributed by atoms with Crippen molar-refractivity contribution in [3.63, 3.8) is 0 Å². The molecule has 0 radical (unpaired) electrons. The summed E-state index contributed by atoms with van der Waals surface area (Å²) in [6, 6.07) is 8.02. The Bertz CT molecular complexity index is 595. The van der Waals surface area contributed by atoms with Crippen LogP contribution in [0.1, 0.15) is 31.1 Å². The van der Waals surface area contributed by atoms with Crippen LogP contribution >= 0.6 is 0 Å². The first-order chi connectivity index (χ1) is 11.4. The number of benzene rings is 1. The van der Waals surface area contributed by atoms with Gasteiger partial charge >= 0.3 is 0 Å². The van der Waals surface area contributed by atoms with Crippen LogP contribution in [0.4, 0.5) is 0 Å². The Morgan fingerprint density at radius 2 is 2.00 bits per heavy atom. The van der Waals surface area contributed by atoms with Crippen molar-refractivity contribution >= 4 is 11.1 Å². The molecule has 124 valence electrons. The lowest BCUT2D eigenvalue weighted by Gasteiger charge is -2.32. The largest absolute Gasteiger partial charge is 0.440 e. The fraction of sp³-hybridized carbons (Fsp3) is 0.611. The molecule has 5 heteroatoms. The predicted octanol–water partition coefficient (Wildman–Crippen LogP) is 2.81. The molecule has 3 heterocycles. The summed E-state index contributed by atoms with van der Waals surface area (Å²) in [5.41, 5.74) is 1.87. The molecule has 0 bridgehead atoms. The number of rotatable bonds is 4. The summed E-state index contributed by atoms with van der Waals surface area (Å²) in [6.07, 6.45) is 3.58. The Labute approximate surface area is 136 Å². The number of ether oxygens (including phenoxy) is 2. The maximum absolute atomic E-state index is 5.93. The average molecular weight is 316 g/mol. The van der Waals surface area contributed by atoms with Crippen LogP contribution in [0, 0.1) is 0 Å². The third kappa shape index (κ3) is 3.57. The SMILES string of the molecule is c1ccc2oc(C3CCN(CCC4COCCO4)CC3)nc2c1. The van der Waals surface area contributed by atoms with Gasteiger partial charge in [-0.1, -0.05) is 12.1 Å². The molecule has 2 aliphatic heterocycles. The summed E-state index contributed by atoms with van der Waals surface area (Å²) >= 11 is 0. The highest BCUT2D eigenvalue weighted by molar-refractivity contribution is 5.72. The van der Waals surface area contributed by atoms with E-state index < -0.39 is 0 Å². The number of nitrogens with zero attached hydrogens (tertiary/aromatic N) is 2. The smallest absolute Gasteiger partial charge is 0.198 e. The van der Waals surface area contributed by atoms with E-state index in [0.717, 1.165) is 75.7 Å². The zero-order chi connectivity index (χ0) is 15.5. The van der Waals surface area contributed by atoms with E-state index in [-0.39, 0.29) is 6.10 Å². The van der Waals surface area contributed by atoms with Gasteiger partial charge in [0.15, 0.2) is 11.5 Å². The van der Waals surface area contributed by atoms with Gasteiger partial charge < -0.3 is 18.8 Å². The van der Waals surface area contributed by atoms with E-state index in [2.05, 4.69) is 9.88 Å². The molecule has 0 aliphatic carbocycles. The maximum Gasteiger partial charge on any atom is 0.198 e. The molecule has 1 unspecified atom stereocenters. The lowest BCUT2D eigenvalue weighted by molar-refractivity contribution is -0.0930. The fourth-order valence-corrected chi connectivity index (χ4v) is 3.50. The highest BCUT2D eigenvalue weighted by Gasteiger charge is 2.25. The lowest BCUT2D eigenvalue weighted by Crippen LogP contribution is -2.37. The number of likely N-dealkylation sites (tertiary alicyclic amines) is 1. The van der Waals surface area contributed by atoms with Crippen molar-refractivity contribution in [2.24, 2.45) is 0 Å². The molecule has 1 atom stereocenters. The van der Waals surface area contributed by atoms with Gasteiger partial charge in [-0.3, -0.25) is 0 Å². The van der Waals surface area contributed by atoms with Crippen LogP contribution in [0.5, 0.6) is 0 Å². The van der Waals surface area contributed by atoms with E-state index in [0.29, 0.717) is 5.92 Å². The summed E-state index contributed by atoms with van der Waals surface area (Å²) in [6.45, 7) is 5.54. The second kappa shape index (κ2) is 6.99. The van der Waals surface area contributed by atoms with Crippen molar-refractivity contribution < 1.29 is 13.9 Å². The van der Waals surface area contributed by atoms with Gasteiger partial charge in [-0.15, -0.1) is 0 Å². The highest BCUT2D eigenvalue weighted by atomic mass is 16.6. The van der Waals surface area contributed by atoms with Gasteiger partial charge in [-0.25, -0.2) is 4.98 Å². The summed E-state index contributed by atoms with van der Waals surface area (Å²) in [7, 11) is 0. The Kier molecular flexibility index (Phi) is 4.60. The van der Waals surface area contributed by atoms with Gasteiger partial charge in [0, 0.05) is 12.5 Å². The third-order valence-corrected chi connectivity index (χ3v) is 4.90. The zero-order valence-electron chi connectivity index (χ0n) is 13.4. The van der Waals surface area contributed by atoms with Gasteiger partial charge in [-0.2, -0.15) is 0 Å². The molecule has 2 saturated heterocycles. The minimum atomic E-state index is 0.276. The lowest BCUT2D eigenvalue weighted by atomic mass is 9.96. The molecule has 0 saturated carbocycles. The molecule has 1 aromatic heterocycles. The summed E-state index contributed by atoms with van der Waals surface area (Å²) < 4.78 is 17.1. The number of piperidine rings is 1. The molecular formula is C18H24N2O3. The van der Waals surface area contributed by atoms with Gasteiger partial charge in [0.1, 0.15) is 5.52 Å². The molecule has 0 spiro atoms. The molecule has 23 heavy (non-hydrogen) atoms. The minimum absolute atomic E-state index is 0.276. The van der Waals surface area contributed by atoms with E-state index in [1.165, 1.54) is 0 Å². The molecule has 5 nitrogen and oxygen atoms in total. The average Bonchev–Trinajstić information content (AvgIpc) is 3.05. The molecule has 2 aliphatic rings. The zero-order valence-corrected chi connectivity index (χ0v) is 13.4. The van der Waals surface area contributed by atoms with Crippen LogP contribution in [0.3, 0.4) is 0 Å². The van der Waals surface area contributed by atoms with Crippen LogP contribution in [0.15, 0.2) is 28.7 Å². The first kappa shape index (κ1) is 15.1. The van der Waals surface area contributed by atoms with Gasteiger partial charge in [0.05, 0.1) is 25.9 Å². The first-order valence-electron chi connectivity index (χ1n) is 8.65. The van der Waals surface area contributed by atoms with Crippen LogP contribution in [-0.4, -0.2) is 55.4 Å². The topological polar surface area (TPSA) is 47.7 Å². The molecule has 2 fully saturated rings. The van der Waals surface area contributed by atoms with Gasteiger partial charge in [0.25, 0.3) is 0 Å². The molecule has 2 aromatic rings. The van der Waals surface area contributed by atoms with Crippen molar-refractivity contribution in [2.45, 2.75) is 31.3 Å². The maximum atomic E-state index is 5.93. The van der Waals surface area contributed by atoms with Crippen molar-refractivity contribution in [3.8, 4) is 0 Å². The van der Waals surface area contributed by atoms with Gasteiger partial charge in [-0.05, 0) is 44.5 Å². The van der Waals surface area contributed by atoms with Crippen molar-refractivity contribution in [1.29, 1.82) is 0 Å². The first-order valence-corrected chi connectivity index (χ1v) is 8.65. The number of para-hydroxylation sites is 2. The van der Waals surface area contributed by atoms with E-state index in [1.54, 1.807) is 0 Å². The third-order valence-electron chi connectivity index (χ3n) is 4.90. The molecule has 0 N–H and O–H groups in total. The second-order valence-electron chi connectivity index (χ2n) is 6.49.